The third kappa shape index (κ3) is 4.88. The normalized spacial score (nSPS) is 13.9. The van der Waals surface area contributed by atoms with Crippen LogP contribution in [0.4, 0.5) is 0 Å². The van der Waals surface area contributed by atoms with Crippen molar-refractivity contribution in [2.24, 2.45) is 0 Å². The maximum absolute atomic E-state index is 2.53. The van der Waals surface area contributed by atoms with E-state index in [0.717, 1.165) is 3.92 Å². The Labute approximate surface area is 66.2 Å². The predicted octanol–water partition coefficient (Wildman–Crippen LogP) is 3.39. The molecule has 8 heavy (non-hydrogen) atoms. The van der Waals surface area contributed by atoms with Gasteiger partial charge in [0.25, 0.3) is 0 Å². The second kappa shape index (κ2) is 5.86. The SMILES string of the molecule is CCCC[C@H](I)CC. The van der Waals surface area contributed by atoms with E-state index in [1.54, 1.807) is 0 Å². The van der Waals surface area contributed by atoms with Crippen molar-refractivity contribution >= 4 is 22.6 Å². The molecule has 0 saturated carbocycles. The summed E-state index contributed by atoms with van der Waals surface area (Å²) in [6.07, 6.45) is 5.50. The minimum absolute atomic E-state index is 0.924. The molecule has 0 aromatic heterocycles. The standard InChI is InChI=1S/C7H15I/c1-3-5-6-7(8)4-2/h7H,3-6H2,1-2H3/t7-/m1/s1. The lowest BCUT2D eigenvalue weighted by Crippen LogP contribution is -1.92. The van der Waals surface area contributed by atoms with E-state index in [4.69, 9.17) is 0 Å². The van der Waals surface area contributed by atoms with E-state index in [9.17, 15) is 0 Å². The van der Waals surface area contributed by atoms with Gasteiger partial charge < -0.3 is 0 Å². The second-order valence-electron chi connectivity index (χ2n) is 2.15. The molecule has 1 heteroatoms. The van der Waals surface area contributed by atoms with Gasteiger partial charge in [-0.05, 0) is 12.8 Å². The van der Waals surface area contributed by atoms with Crippen LogP contribution in [0.2, 0.25) is 0 Å². The molecule has 0 bridgehead atoms. The zero-order valence-corrected chi connectivity index (χ0v) is 7.94. The fourth-order valence-corrected chi connectivity index (χ4v) is 1.07. The van der Waals surface area contributed by atoms with E-state index < -0.39 is 0 Å². The van der Waals surface area contributed by atoms with Gasteiger partial charge in [-0.1, -0.05) is 49.3 Å². The molecule has 1 atom stereocenters. The summed E-state index contributed by atoms with van der Waals surface area (Å²) in [4.78, 5) is 0. The Morgan fingerprint density at radius 2 is 2.00 bits per heavy atom. The Kier molecular flexibility index (Phi) is 6.39. The van der Waals surface area contributed by atoms with E-state index in [1.165, 1.54) is 25.7 Å². The van der Waals surface area contributed by atoms with Crippen LogP contribution in [-0.4, -0.2) is 3.92 Å². The molecular weight excluding hydrogens is 211 g/mol. The number of hydrogen-bond acceptors (Lipinski definition) is 0. The molecule has 0 rings (SSSR count). The molecule has 0 N–H and O–H groups in total. The number of unbranched alkanes of at least 4 members (excludes halogenated alkanes) is 1. The van der Waals surface area contributed by atoms with Gasteiger partial charge >= 0.3 is 0 Å². The van der Waals surface area contributed by atoms with Gasteiger partial charge in [0.1, 0.15) is 0 Å². The van der Waals surface area contributed by atoms with Crippen molar-refractivity contribution in [3.63, 3.8) is 0 Å². The summed E-state index contributed by atoms with van der Waals surface area (Å²) in [6, 6.07) is 0. The molecule has 0 heterocycles. The summed E-state index contributed by atoms with van der Waals surface area (Å²) >= 11 is 2.53. The predicted molar refractivity (Wildman–Crippen MR) is 47.6 cm³/mol. The van der Waals surface area contributed by atoms with Crippen LogP contribution in [0.15, 0.2) is 0 Å². The summed E-state index contributed by atoms with van der Waals surface area (Å²) in [5.74, 6) is 0. The molecule has 0 saturated heterocycles. The number of alkyl halides is 1. The second-order valence-corrected chi connectivity index (χ2v) is 3.91. The highest BCUT2D eigenvalue weighted by atomic mass is 127. The molecule has 0 aliphatic carbocycles. The number of hydrogen-bond donors (Lipinski definition) is 0. The van der Waals surface area contributed by atoms with Crippen LogP contribution in [0.1, 0.15) is 39.5 Å². The first kappa shape index (κ1) is 8.73. The van der Waals surface area contributed by atoms with Crippen molar-refractivity contribution < 1.29 is 0 Å². The molecule has 0 spiro atoms. The van der Waals surface area contributed by atoms with E-state index in [2.05, 4.69) is 36.4 Å². The van der Waals surface area contributed by atoms with Gasteiger partial charge in [0.05, 0.1) is 0 Å². The topological polar surface area (TPSA) is 0 Å². The van der Waals surface area contributed by atoms with Gasteiger partial charge in [0, 0.05) is 3.92 Å². The molecule has 0 radical (unpaired) electrons. The minimum atomic E-state index is 0.924. The zero-order chi connectivity index (χ0) is 6.41. The van der Waals surface area contributed by atoms with Crippen molar-refractivity contribution in [3.05, 3.63) is 0 Å². The van der Waals surface area contributed by atoms with Gasteiger partial charge in [0.2, 0.25) is 0 Å². The Morgan fingerprint density at radius 1 is 1.38 bits per heavy atom. The molecule has 0 aliphatic rings. The third-order valence-corrected chi connectivity index (χ3v) is 2.82. The average molecular weight is 226 g/mol. The van der Waals surface area contributed by atoms with E-state index >= 15 is 0 Å². The lowest BCUT2D eigenvalue weighted by molar-refractivity contribution is 0.686. The van der Waals surface area contributed by atoms with Crippen LogP contribution in [0.5, 0.6) is 0 Å². The van der Waals surface area contributed by atoms with Crippen molar-refractivity contribution in [2.75, 3.05) is 0 Å². The first-order valence-corrected chi connectivity index (χ1v) is 4.69. The fourth-order valence-electron chi connectivity index (χ4n) is 0.630. The highest BCUT2D eigenvalue weighted by Crippen LogP contribution is 2.12. The van der Waals surface area contributed by atoms with Crippen molar-refractivity contribution in [1.29, 1.82) is 0 Å². The Hall–Kier alpha value is 0.730. The molecule has 50 valence electrons. The molecule has 0 unspecified atom stereocenters. The van der Waals surface area contributed by atoms with Gasteiger partial charge in [-0.25, -0.2) is 0 Å². The van der Waals surface area contributed by atoms with Crippen molar-refractivity contribution in [2.45, 2.75) is 43.5 Å². The van der Waals surface area contributed by atoms with Crippen molar-refractivity contribution in [3.8, 4) is 0 Å². The highest BCUT2D eigenvalue weighted by molar-refractivity contribution is 14.1. The summed E-state index contributed by atoms with van der Waals surface area (Å²) in [7, 11) is 0. The smallest absolute Gasteiger partial charge is 0.0107 e. The summed E-state index contributed by atoms with van der Waals surface area (Å²) in [5, 5.41) is 0. The molecule has 0 aromatic carbocycles. The quantitative estimate of drug-likeness (QED) is 0.509. The Balaban J connectivity index is 2.86. The van der Waals surface area contributed by atoms with E-state index in [-0.39, 0.29) is 0 Å². The first-order valence-electron chi connectivity index (χ1n) is 3.45. The average Bonchev–Trinajstić information content (AvgIpc) is 1.83. The summed E-state index contributed by atoms with van der Waals surface area (Å²) in [6.45, 7) is 4.51. The maximum atomic E-state index is 2.53. The molecule has 0 aromatic rings. The lowest BCUT2D eigenvalue weighted by atomic mass is 10.2. The Bertz CT molecular complexity index is 43.7. The first-order chi connectivity index (χ1) is 3.81. The van der Waals surface area contributed by atoms with Crippen LogP contribution >= 0.6 is 22.6 Å². The van der Waals surface area contributed by atoms with Gasteiger partial charge in [-0.3, -0.25) is 0 Å². The van der Waals surface area contributed by atoms with Gasteiger partial charge in [-0.15, -0.1) is 0 Å². The van der Waals surface area contributed by atoms with Crippen LogP contribution in [0.25, 0.3) is 0 Å². The third-order valence-electron chi connectivity index (χ3n) is 1.31. The van der Waals surface area contributed by atoms with Gasteiger partial charge in [0.15, 0.2) is 0 Å². The van der Waals surface area contributed by atoms with Gasteiger partial charge in [-0.2, -0.15) is 0 Å². The number of halogens is 1. The molecule has 0 amide bonds. The summed E-state index contributed by atoms with van der Waals surface area (Å²) < 4.78 is 0.924. The minimum Gasteiger partial charge on any atom is -0.0826 e. The monoisotopic (exact) mass is 226 g/mol. The highest BCUT2D eigenvalue weighted by Gasteiger charge is 1.96. The van der Waals surface area contributed by atoms with Crippen LogP contribution in [0.3, 0.4) is 0 Å². The van der Waals surface area contributed by atoms with E-state index in [0.29, 0.717) is 0 Å². The van der Waals surface area contributed by atoms with Crippen LogP contribution < -0.4 is 0 Å². The fraction of sp³-hybridized carbons (Fsp3) is 1.00. The largest absolute Gasteiger partial charge is 0.0826 e. The molecule has 0 fully saturated rings. The van der Waals surface area contributed by atoms with Crippen LogP contribution in [-0.2, 0) is 0 Å². The Morgan fingerprint density at radius 3 is 2.38 bits per heavy atom. The molecule has 0 aliphatic heterocycles. The molecular formula is C7H15I. The van der Waals surface area contributed by atoms with E-state index in [1.807, 2.05) is 0 Å². The zero-order valence-electron chi connectivity index (χ0n) is 5.78. The lowest BCUT2D eigenvalue weighted by Gasteiger charge is -2.02. The van der Waals surface area contributed by atoms with Crippen LogP contribution in [0, 0.1) is 0 Å². The maximum Gasteiger partial charge on any atom is 0.0107 e. The summed E-state index contributed by atoms with van der Waals surface area (Å²) in [5.41, 5.74) is 0. The number of rotatable bonds is 4. The van der Waals surface area contributed by atoms with Crippen molar-refractivity contribution in [1.82, 2.24) is 0 Å². The molecule has 0 nitrogen and oxygen atoms in total.